The maximum atomic E-state index is 11.9. The number of para-hydroxylation sites is 1. The lowest BCUT2D eigenvalue weighted by Crippen LogP contribution is -2.19. The van der Waals surface area contributed by atoms with Crippen molar-refractivity contribution in [3.05, 3.63) is 48.5 Å². The number of ether oxygens (including phenoxy) is 1. The molecule has 0 fully saturated rings. The van der Waals surface area contributed by atoms with Gasteiger partial charge in [-0.3, -0.25) is 0 Å². The average Bonchev–Trinajstić information content (AvgIpc) is 2.44. The first-order chi connectivity index (χ1) is 9.69. The first-order valence-corrected chi connectivity index (χ1v) is 6.72. The van der Waals surface area contributed by atoms with Crippen molar-refractivity contribution >= 4 is 30.0 Å². The molecule has 5 heteroatoms. The molecule has 0 spiro atoms. The second-order valence-corrected chi connectivity index (χ2v) is 4.54. The molecular weight excluding hydrogens is 272 g/mol. The second kappa shape index (κ2) is 6.86. The quantitative estimate of drug-likeness (QED) is 0.744. The first-order valence-electron chi connectivity index (χ1n) is 6.28. The van der Waals surface area contributed by atoms with Crippen molar-refractivity contribution in [2.24, 2.45) is 0 Å². The van der Waals surface area contributed by atoms with Crippen LogP contribution in [0.3, 0.4) is 0 Å². The summed E-state index contributed by atoms with van der Waals surface area (Å²) >= 11 is 4.28. The first kappa shape index (κ1) is 14.3. The topological polar surface area (TPSA) is 50.4 Å². The van der Waals surface area contributed by atoms with Gasteiger partial charge in [0.25, 0.3) is 0 Å². The number of hydrogen-bond acceptors (Lipinski definition) is 3. The molecule has 0 aliphatic heterocycles. The Morgan fingerprint density at radius 3 is 2.45 bits per heavy atom. The number of carbonyl (C=O) groups excluding carboxylic acids is 1. The largest absolute Gasteiger partial charge is 0.494 e. The summed E-state index contributed by atoms with van der Waals surface area (Å²) in [6, 6.07) is 14.2. The lowest BCUT2D eigenvalue weighted by Gasteiger charge is -2.10. The van der Waals surface area contributed by atoms with Gasteiger partial charge in [-0.2, -0.15) is 0 Å². The van der Waals surface area contributed by atoms with Gasteiger partial charge in [0.15, 0.2) is 0 Å². The third kappa shape index (κ3) is 3.93. The molecule has 4 nitrogen and oxygen atoms in total. The lowest BCUT2D eigenvalue weighted by molar-refractivity contribution is 0.262. The fraction of sp³-hybridized carbons (Fsp3) is 0.133. The van der Waals surface area contributed by atoms with Gasteiger partial charge in [-0.25, -0.2) is 4.79 Å². The van der Waals surface area contributed by atoms with Crippen LogP contribution >= 0.6 is 12.6 Å². The van der Waals surface area contributed by atoms with Crippen LogP contribution in [0.5, 0.6) is 5.75 Å². The molecular formula is C15H16N2O2S. The summed E-state index contributed by atoms with van der Waals surface area (Å²) in [5, 5.41) is 5.49. The van der Waals surface area contributed by atoms with E-state index in [1.165, 1.54) is 0 Å². The van der Waals surface area contributed by atoms with E-state index in [1.807, 2.05) is 37.3 Å². The van der Waals surface area contributed by atoms with E-state index in [0.29, 0.717) is 22.9 Å². The van der Waals surface area contributed by atoms with Gasteiger partial charge in [-0.05, 0) is 43.3 Å². The van der Waals surface area contributed by atoms with E-state index in [4.69, 9.17) is 4.74 Å². The highest BCUT2D eigenvalue weighted by Gasteiger charge is 2.04. The summed E-state index contributed by atoms with van der Waals surface area (Å²) < 4.78 is 5.34. The van der Waals surface area contributed by atoms with Crippen LogP contribution in [0.1, 0.15) is 6.92 Å². The monoisotopic (exact) mass is 288 g/mol. The van der Waals surface area contributed by atoms with Crippen LogP contribution in [0.15, 0.2) is 53.4 Å². The Balaban J connectivity index is 1.96. The minimum absolute atomic E-state index is 0.310. The summed E-state index contributed by atoms with van der Waals surface area (Å²) in [6.45, 7) is 2.54. The number of anilines is 2. The van der Waals surface area contributed by atoms with Gasteiger partial charge in [0.1, 0.15) is 5.75 Å². The minimum Gasteiger partial charge on any atom is -0.494 e. The van der Waals surface area contributed by atoms with Crippen molar-refractivity contribution < 1.29 is 9.53 Å². The van der Waals surface area contributed by atoms with Crippen LogP contribution in [-0.2, 0) is 0 Å². The predicted octanol–water partition coefficient (Wildman–Crippen LogP) is 4.02. The van der Waals surface area contributed by atoms with Gasteiger partial charge >= 0.3 is 6.03 Å². The number of urea groups is 1. The Hall–Kier alpha value is -2.14. The van der Waals surface area contributed by atoms with E-state index >= 15 is 0 Å². The number of thiol groups is 1. The molecule has 0 unspecified atom stereocenters. The molecule has 2 aromatic carbocycles. The molecule has 0 aromatic heterocycles. The summed E-state index contributed by atoms with van der Waals surface area (Å²) in [7, 11) is 0. The fourth-order valence-corrected chi connectivity index (χ4v) is 1.88. The highest BCUT2D eigenvalue weighted by atomic mass is 32.1. The van der Waals surface area contributed by atoms with Crippen LogP contribution < -0.4 is 15.4 Å². The standard InChI is InChI=1S/C15H16N2O2S/c1-2-19-12-9-7-11(8-10-12)16-15(18)17-13-5-3-4-6-14(13)20/h3-10,20H,2H2,1H3,(H2,16,17,18). The Morgan fingerprint density at radius 1 is 1.10 bits per heavy atom. The third-order valence-corrected chi connectivity index (χ3v) is 2.97. The fourth-order valence-electron chi connectivity index (χ4n) is 1.67. The van der Waals surface area contributed by atoms with Crippen LogP contribution in [0, 0.1) is 0 Å². The minimum atomic E-state index is -0.310. The summed E-state index contributed by atoms with van der Waals surface area (Å²) in [6.07, 6.45) is 0. The Bertz CT molecular complexity index is 585. The predicted molar refractivity (Wildman–Crippen MR) is 83.9 cm³/mol. The van der Waals surface area contributed by atoms with Gasteiger partial charge in [-0.1, -0.05) is 12.1 Å². The molecule has 20 heavy (non-hydrogen) atoms. The van der Waals surface area contributed by atoms with Crippen molar-refractivity contribution in [3.63, 3.8) is 0 Å². The van der Waals surface area contributed by atoms with Crippen molar-refractivity contribution in [3.8, 4) is 5.75 Å². The molecule has 2 N–H and O–H groups in total. The summed E-state index contributed by atoms with van der Waals surface area (Å²) in [5.74, 6) is 0.777. The molecule has 0 atom stereocenters. The van der Waals surface area contributed by atoms with E-state index in [-0.39, 0.29) is 6.03 Å². The number of nitrogens with one attached hydrogen (secondary N) is 2. The van der Waals surface area contributed by atoms with Crippen molar-refractivity contribution in [2.45, 2.75) is 11.8 Å². The number of benzene rings is 2. The molecule has 2 amide bonds. The van der Waals surface area contributed by atoms with Crippen LogP contribution in [0.25, 0.3) is 0 Å². The average molecular weight is 288 g/mol. The van der Waals surface area contributed by atoms with E-state index in [0.717, 1.165) is 5.75 Å². The molecule has 0 heterocycles. The molecule has 0 saturated carbocycles. The molecule has 104 valence electrons. The maximum absolute atomic E-state index is 11.9. The van der Waals surface area contributed by atoms with Crippen LogP contribution in [0.2, 0.25) is 0 Å². The zero-order valence-electron chi connectivity index (χ0n) is 11.1. The molecule has 2 aromatic rings. The Labute approximate surface area is 123 Å². The van der Waals surface area contributed by atoms with Gasteiger partial charge in [0.05, 0.1) is 12.3 Å². The maximum Gasteiger partial charge on any atom is 0.323 e. The Morgan fingerprint density at radius 2 is 1.80 bits per heavy atom. The zero-order valence-corrected chi connectivity index (χ0v) is 12.0. The number of amides is 2. The lowest BCUT2D eigenvalue weighted by atomic mass is 10.3. The molecule has 0 radical (unpaired) electrons. The Kier molecular flexibility index (Phi) is 4.90. The smallest absolute Gasteiger partial charge is 0.323 e. The molecule has 2 rings (SSSR count). The van der Waals surface area contributed by atoms with Gasteiger partial charge in [0, 0.05) is 10.6 Å². The molecule has 0 aliphatic carbocycles. The van der Waals surface area contributed by atoms with Gasteiger partial charge in [-0.15, -0.1) is 12.6 Å². The van der Waals surface area contributed by atoms with Crippen LogP contribution in [0.4, 0.5) is 16.2 Å². The van der Waals surface area contributed by atoms with Crippen LogP contribution in [-0.4, -0.2) is 12.6 Å². The van der Waals surface area contributed by atoms with Crippen molar-refractivity contribution in [1.82, 2.24) is 0 Å². The van der Waals surface area contributed by atoms with Gasteiger partial charge in [0.2, 0.25) is 0 Å². The number of rotatable bonds is 4. The summed E-state index contributed by atoms with van der Waals surface area (Å²) in [4.78, 5) is 12.6. The molecule has 0 aliphatic rings. The SMILES string of the molecule is CCOc1ccc(NC(=O)Nc2ccccc2S)cc1. The van der Waals surface area contributed by atoms with Gasteiger partial charge < -0.3 is 15.4 Å². The van der Waals surface area contributed by atoms with E-state index in [9.17, 15) is 4.79 Å². The number of hydrogen-bond donors (Lipinski definition) is 3. The zero-order chi connectivity index (χ0) is 14.4. The normalized spacial score (nSPS) is 9.90. The van der Waals surface area contributed by atoms with Crippen molar-refractivity contribution in [1.29, 1.82) is 0 Å². The second-order valence-electron chi connectivity index (χ2n) is 4.05. The van der Waals surface area contributed by atoms with E-state index < -0.39 is 0 Å². The van der Waals surface area contributed by atoms with Crippen molar-refractivity contribution in [2.75, 3.05) is 17.2 Å². The summed E-state index contributed by atoms with van der Waals surface area (Å²) in [5.41, 5.74) is 1.36. The molecule has 0 bridgehead atoms. The third-order valence-electron chi connectivity index (χ3n) is 2.58. The number of carbonyl (C=O) groups is 1. The van der Waals surface area contributed by atoms with E-state index in [2.05, 4.69) is 23.3 Å². The highest BCUT2D eigenvalue weighted by molar-refractivity contribution is 7.80. The highest BCUT2D eigenvalue weighted by Crippen LogP contribution is 2.19. The van der Waals surface area contributed by atoms with E-state index in [1.54, 1.807) is 18.2 Å². The molecule has 0 saturated heterocycles.